The lowest BCUT2D eigenvalue weighted by Gasteiger charge is -2.10. The third-order valence-corrected chi connectivity index (χ3v) is 4.08. The molecule has 0 fully saturated rings. The molecule has 0 unspecified atom stereocenters. The van der Waals surface area contributed by atoms with Crippen LogP contribution in [-0.4, -0.2) is 15.3 Å². The highest BCUT2D eigenvalue weighted by Gasteiger charge is 2.14. The highest BCUT2D eigenvalue weighted by molar-refractivity contribution is 7.99. The number of rotatable bonds is 3. The molecule has 0 aliphatic heterocycles. The summed E-state index contributed by atoms with van der Waals surface area (Å²) in [4.78, 5) is 4.04. The van der Waals surface area contributed by atoms with Crippen molar-refractivity contribution in [1.82, 2.24) is 9.55 Å². The largest absolute Gasteiger partial charge is 0.447 e. The van der Waals surface area contributed by atoms with Gasteiger partial charge in [0.25, 0.3) is 0 Å². The summed E-state index contributed by atoms with van der Waals surface area (Å²) in [6.07, 6.45) is 5.18. The average Bonchev–Trinajstić information content (AvgIpc) is 2.92. The van der Waals surface area contributed by atoms with Crippen LogP contribution >= 0.6 is 24.0 Å². The van der Waals surface area contributed by atoms with Crippen molar-refractivity contribution >= 4 is 34.9 Å². The molecule has 2 heterocycles. The van der Waals surface area contributed by atoms with Gasteiger partial charge in [-0.25, -0.2) is 9.37 Å². The van der Waals surface area contributed by atoms with Crippen LogP contribution in [0.5, 0.6) is 0 Å². The molecule has 0 atom stereocenters. The smallest absolute Gasteiger partial charge is 0.186 e. The topological polar surface area (TPSA) is 31.0 Å². The first-order valence-electron chi connectivity index (χ1n) is 6.08. The Bertz CT molecular complexity index is 812. The number of halogens is 1. The van der Waals surface area contributed by atoms with Gasteiger partial charge in [-0.15, -0.1) is 0 Å². The molecular formula is C14H11FN2OS2. The molecule has 0 aliphatic carbocycles. The van der Waals surface area contributed by atoms with Crippen molar-refractivity contribution in [2.24, 2.45) is 0 Å². The van der Waals surface area contributed by atoms with Gasteiger partial charge < -0.3 is 8.98 Å². The van der Waals surface area contributed by atoms with Gasteiger partial charge in [-0.05, 0) is 17.9 Å². The molecular weight excluding hydrogens is 295 g/mol. The third-order valence-electron chi connectivity index (χ3n) is 2.84. The normalized spacial score (nSPS) is 11.1. The molecule has 102 valence electrons. The van der Waals surface area contributed by atoms with Crippen molar-refractivity contribution in [1.29, 1.82) is 0 Å². The number of benzene rings is 1. The van der Waals surface area contributed by atoms with Crippen LogP contribution in [0.2, 0.25) is 0 Å². The zero-order valence-electron chi connectivity index (χ0n) is 10.7. The minimum absolute atomic E-state index is 0.335. The van der Waals surface area contributed by atoms with E-state index in [-0.39, 0.29) is 5.82 Å². The Morgan fingerprint density at radius 1 is 1.45 bits per heavy atom. The number of aromatic nitrogens is 2. The first-order chi connectivity index (χ1) is 9.70. The van der Waals surface area contributed by atoms with Gasteiger partial charge in [0, 0.05) is 23.8 Å². The summed E-state index contributed by atoms with van der Waals surface area (Å²) < 4.78 is 21.6. The zero-order chi connectivity index (χ0) is 14.1. The molecule has 0 aliphatic rings. The molecule has 3 aromatic rings. The van der Waals surface area contributed by atoms with E-state index >= 15 is 0 Å². The summed E-state index contributed by atoms with van der Waals surface area (Å²) in [5.74, 6) is 0.499. The number of nitrogens with zero attached hydrogens (tertiary/aromatic N) is 2. The van der Waals surface area contributed by atoms with Crippen molar-refractivity contribution in [2.75, 3.05) is 5.75 Å². The van der Waals surface area contributed by atoms with Crippen molar-refractivity contribution in [2.45, 2.75) is 12.0 Å². The fourth-order valence-electron chi connectivity index (χ4n) is 1.98. The van der Waals surface area contributed by atoms with Crippen molar-refractivity contribution < 1.29 is 8.81 Å². The summed E-state index contributed by atoms with van der Waals surface area (Å²) >= 11 is 7.07. The lowest BCUT2D eigenvalue weighted by Crippen LogP contribution is -1.96. The molecule has 2 aromatic heterocycles. The van der Waals surface area contributed by atoms with Gasteiger partial charge in [0.2, 0.25) is 0 Å². The second-order valence-corrected chi connectivity index (χ2v) is 5.76. The Hall–Kier alpha value is -1.66. The number of hydrogen-bond acceptors (Lipinski definition) is 4. The average molecular weight is 306 g/mol. The third kappa shape index (κ3) is 2.25. The van der Waals surface area contributed by atoms with Gasteiger partial charge in [0.1, 0.15) is 17.1 Å². The van der Waals surface area contributed by atoms with Crippen molar-refractivity contribution in [3.63, 3.8) is 0 Å². The summed E-state index contributed by atoms with van der Waals surface area (Å²) in [5, 5.41) is 1.40. The van der Waals surface area contributed by atoms with Crippen LogP contribution < -0.4 is 0 Å². The Kier molecular flexibility index (Phi) is 3.58. The Labute approximate surface area is 124 Å². The molecule has 0 radical (unpaired) electrons. The molecule has 0 spiro atoms. The first kappa shape index (κ1) is 13.3. The van der Waals surface area contributed by atoms with E-state index < -0.39 is 0 Å². The zero-order valence-corrected chi connectivity index (χ0v) is 12.3. The minimum atomic E-state index is -0.335. The van der Waals surface area contributed by atoms with E-state index in [1.165, 1.54) is 23.9 Å². The van der Waals surface area contributed by atoms with Crippen LogP contribution in [0.25, 0.3) is 16.7 Å². The summed E-state index contributed by atoms with van der Waals surface area (Å²) in [5.41, 5.74) is 1.25. The minimum Gasteiger partial charge on any atom is -0.447 e. The lowest BCUT2D eigenvalue weighted by molar-refractivity contribution is 0.492. The van der Waals surface area contributed by atoms with E-state index in [9.17, 15) is 4.39 Å². The quantitative estimate of drug-likeness (QED) is 0.523. The highest BCUT2D eigenvalue weighted by Crippen LogP contribution is 2.32. The van der Waals surface area contributed by atoms with Gasteiger partial charge in [0.15, 0.2) is 5.09 Å². The van der Waals surface area contributed by atoms with Crippen LogP contribution in [0.4, 0.5) is 4.39 Å². The molecule has 0 amide bonds. The molecule has 0 bridgehead atoms. The number of thioether (sulfide) groups is 1. The van der Waals surface area contributed by atoms with Crippen molar-refractivity contribution in [3.8, 4) is 5.69 Å². The van der Waals surface area contributed by atoms with Crippen LogP contribution in [0.3, 0.4) is 0 Å². The maximum Gasteiger partial charge on any atom is 0.186 e. The van der Waals surface area contributed by atoms with E-state index in [1.807, 2.05) is 17.7 Å². The Morgan fingerprint density at radius 3 is 3.00 bits per heavy atom. The fourth-order valence-corrected chi connectivity index (χ4v) is 3.17. The predicted molar refractivity (Wildman–Crippen MR) is 80.5 cm³/mol. The van der Waals surface area contributed by atoms with Crippen LogP contribution in [0.15, 0.2) is 46.4 Å². The van der Waals surface area contributed by atoms with Crippen LogP contribution in [0.1, 0.15) is 6.92 Å². The molecule has 6 heteroatoms. The second kappa shape index (κ2) is 5.38. The van der Waals surface area contributed by atoms with Gasteiger partial charge in [-0.3, -0.25) is 0 Å². The molecule has 0 saturated heterocycles. The van der Waals surface area contributed by atoms with E-state index in [0.717, 1.165) is 16.8 Å². The van der Waals surface area contributed by atoms with E-state index in [4.69, 9.17) is 16.6 Å². The van der Waals surface area contributed by atoms with Crippen LogP contribution in [-0.2, 0) is 0 Å². The number of hydrogen-bond donors (Lipinski definition) is 0. The highest BCUT2D eigenvalue weighted by atomic mass is 32.2. The van der Waals surface area contributed by atoms with Gasteiger partial charge in [0.05, 0.1) is 10.8 Å². The lowest BCUT2D eigenvalue weighted by atomic mass is 10.2. The summed E-state index contributed by atoms with van der Waals surface area (Å²) in [6.45, 7) is 2.02. The molecule has 3 rings (SSSR count). The van der Waals surface area contributed by atoms with Crippen LogP contribution in [0, 0.1) is 10.3 Å². The maximum atomic E-state index is 13.3. The summed E-state index contributed by atoms with van der Waals surface area (Å²) in [6, 6.07) is 4.40. The van der Waals surface area contributed by atoms with E-state index in [0.29, 0.717) is 15.2 Å². The van der Waals surface area contributed by atoms with E-state index in [1.54, 1.807) is 18.6 Å². The Morgan fingerprint density at radius 2 is 2.30 bits per heavy atom. The second-order valence-electron chi connectivity index (χ2n) is 4.11. The van der Waals surface area contributed by atoms with E-state index in [2.05, 4.69) is 4.98 Å². The predicted octanol–water partition coefficient (Wildman–Crippen LogP) is 4.60. The fraction of sp³-hybridized carbons (Fsp3) is 0.143. The van der Waals surface area contributed by atoms with Crippen molar-refractivity contribution in [3.05, 3.63) is 47.2 Å². The standard InChI is InChI=1S/C14H11FN2OS2/c1-2-20-14-12(17-6-5-16-8-17)13(19)10-4-3-9(15)7-11(10)18-14/h3-8H,2H2,1H3. The SMILES string of the molecule is CCSc1oc2cc(F)ccc2c(=S)c1-n1ccnc1. The molecule has 0 saturated carbocycles. The van der Waals surface area contributed by atoms with Gasteiger partial charge in [-0.2, -0.15) is 0 Å². The molecule has 20 heavy (non-hydrogen) atoms. The molecule has 0 N–H and O–H groups in total. The maximum absolute atomic E-state index is 13.3. The summed E-state index contributed by atoms with van der Waals surface area (Å²) in [7, 11) is 0. The molecule has 3 nitrogen and oxygen atoms in total. The monoisotopic (exact) mass is 306 g/mol. The van der Waals surface area contributed by atoms with Gasteiger partial charge >= 0.3 is 0 Å². The van der Waals surface area contributed by atoms with Gasteiger partial charge in [-0.1, -0.05) is 30.9 Å². The molecule has 1 aromatic carbocycles. The number of imidazole rings is 1. The first-order valence-corrected chi connectivity index (χ1v) is 7.47. The Balaban J connectivity index is 2.37. The number of fused-ring (bicyclic) bond motifs is 1.